The van der Waals surface area contributed by atoms with Crippen LogP contribution in [-0.4, -0.2) is 37.6 Å². The largest absolute Gasteiger partial charge is 0.385 e. The van der Waals surface area contributed by atoms with Gasteiger partial charge in [-0.15, -0.1) is 0 Å². The van der Waals surface area contributed by atoms with E-state index in [0.717, 1.165) is 19.0 Å². The maximum absolute atomic E-state index is 3.62. The molecule has 0 aliphatic carbocycles. The van der Waals surface area contributed by atoms with Crippen molar-refractivity contribution in [2.45, 2.75) is 32.2 Å². The molecule has 110 valence electrons. The van der Waals surface area contributed by atoms with Crippen molar-refractivity contribution in [2.24, 2.45) is 5.92 Å². The number of likely N-dealkylation sites (tertiary alicyclic amines) is 1. The minimum atomic E-state index is 0.783. The van der Waals surface area contributed by atoms with Gasteiger partial charge in [0.25, 0.3) is 0 Å². The van der Waals surface area contributed by atoms with Crippen LogP contribution in [0.15, 0.2) is 24.3 Å². The van der Waals surface area contributed by atoms with Crippen LogP contribution in [0.2, 0.25) is 0 Å². The number of rotatable bonds is 5. The van der Waals surface area contributed by atoms with Crippen LogP contribution in [0.3, 0.4) is 0 Å². The second-order valence-electron chi connectivity index (χ2n) is 6.28. The minimum absolute atomic E-state index is 0.783. The molecule has 20 heavy (non-hydrogen) atoms. The van der Waals surface area contributed by atoms with Crippen LogP contribution < -0.4 is 10.6 Å². The molecule has 0 aromatic heterocycles. The Kier molecular flexibility index (Phi) is 4.93. The van der Waals surface area contributed by atoms with E-state index in [2.05, 4.69) is 39.8 Å². The Morgan fingerprint density at radius 1 is 1.20 bits per heavy atom. The summed E-state index contributed by atoms with van der Waals surface area (Å²) in [6.07, 6.45) is 5.41. The Bertz CT molecular complexity index is 406. The van der Waals surface area contributed by atoms with Gasteiger partial charge in [0, 0.05) is 18.8 Å². The van der Waals surface area contributed by atoms with E-state index in [9.17, 15) is 0 Å². The number of piperidine rings is 1. The second-order valence-corrected chi connectivity index (χ2v) is 6.28. The molecule has 1 unspecified atom stereocenters. The van der Waals surface area contributed by atoms with Gasteiger partial charge in [0.15, 0.2) is 0 Å². The first-order valence-electron chi connectivity index (χ1n) is 8.16. The van der Waals surface area contributed by atoms with E-state index < -0.39 is 0 Å². The summed E-state index contributed by atoms with van der Waals surface area (Å²) in [6.45, 7) is 7.11. The average molecular weight is 273 g/mol. The summed E-state index contributed by atoms with van der Waals surface area (Å²) in [7, 11) is 0. The van der Waals surface area contributed by atoms with Crippen LogP contribution in [0.25, 0.3) is 0 Å². The molecule has 0 spiro atoms. The summed E-state index contributed by atoms with van der Waals surface area (Å²) in [5, 5.41) is 7.11. The van der Waals surface area contributed by atoms with Crippen molar-refractivity contribution < 1.29 is 0 Å². The quantitative estimate of drug-likeness (QED) is 0.864. The minimum Gasteiger partial charge on any atom is -0.385 e. The molecule has 2 saturated heterocycles. The number of nitrogens with zero attached hydrogens (tertiary/aromatic N) is 1. The van der Waals surface area contributed by atoms with Gasteiger partial charge in [-0.3, -0.25) is 4.90 Å². The molecule has 3 rings (SSSR count). The van der Waals surface area contributed by atoms with Crippen LogP contribution in [0, 0.1) is 5.92 Å². The fourth-order valence-electron chi connectivity index (χ4n) is 3.34. The number of hydrogen-bond donors (Lipinski definition) is 2. The Morgan fingerprint density at radius 2 is 2.10 bits per heavy atom. The highest BCUT2D eigenvalue weighted by Gasteiger charge is 2.13. The Hall–Kier alpha value is -1.06. The maximum Gasteiger partial charge on any atom is 0.0343 e. The summed E-state index contributed by atoms with van der Waals surface area (Å²) in [5.74, 6) is 0.783. The lowest BCUT2D eigenvalue weighted by atomic mass is 9.99. The van der Waals surface area contributed by atoms with Crippen molar-refractivity contribution in [3.63, 3.8) is 0 Å². The van der Waals surface area contributed by atoms with E-state index in [-0.39, 0.29) is 0 Å². The third-order valence-electron chi connectivity index (χ3n) is 4.53. The fraction of sp³-hybridized carbons (Fsp3) is 0.647. The van der Waals surface area contributed by atoms with Gasteiger partial charge in [-0.2, -0.15) is 0 Å². The molecule has 2 aliphatic heterocycles. The molecule has 1 aromatic rings. The van der Waals surface area contributed by atoms with Crippen molar-refractivity contribution in [1.29, 1.82) is 0 Å². The Morgan fingerprint density at radius 3 is 2.90 bits per heavy atom. The summed E-state index contributed by atoms with van der Waals surface area (Å²) in [6, 6.07) is 8.97. The lowest BCUT2D eigenvalue weighted by molar-refractivity contribution is 0.331. The third kappa shape index (κ3) is 3.97. The van der Waals surface area contributed by atoms with Gasteiger partial charge >= 0.3 is 0 Å². The zero-order valence-corrected chi connectivity index (χ0v) is 12.4. The normalized spacial score (nSPS) is 23.9. The summed E-state index contributed by atoms with van der Waals surface area (Å²) >= 11 is 0. The van der Waals surface area contributed by atoms with Gasteiger partial charge in [0.2, 0.25) is 0 Å². The van der Waals surface area contributed by atoms with Gasteiger partial charge in [-0.1, -0.05) is 12.1 Å². The zero-order valence-electron chi connectivity index (χ0n) is 12.4. The van der Waals surface area contributed by atoms with Crippen molar-refractivity contribution in [3.8, 4) is 0 Å². The van der Waals surface area contributed by atoms with Crippen molar-refractivity contribution in [2.75, 3.05) is 38.0 Å². The molecule has 0 radical (unpaired) electrons. The molecule has 2 fully saturated rings. The predicted octanol–water partition coefficient (Wildman–Crippen LogP) is 2.69. The average Bonchev–Trinajstić information content (AvgIpc) is 3.00. The first-order valence-corrected chi connectivity index (χ1v) is 8.16. The Balaban J connectivity index is 1.50. The van der Waals surface area contributed by atoms with Crippen LogP contribution in [0.4, 0.5) is 5.69 Å². The molecule has 3 heteroatoms. The lowest BCUT2D eigenvalue weighted by Crippen LogP contribution is -2.33. The molecular formula is C17H27N3. The second kappa shape index (κ2) is 7.09. The lowest BCUT2D eigenvalue weighted by Gasteiger charge is -2.23. The number of benzene rings is 1. The molecule has 1 atom stereocenters. The van der Waals surface area contributed by atoms with E-state index >= 15 is 0 Å². The monoisotopic (exact) mass is 273 g/mol. The highest BCUT2D eigenvalue weighted by Crippen LogP contribution is 2.17. The molecule has 0 saturated carbocycles. The summed E-state index contributed by atoms with van der Waals surface area (Å²) in [4.78, 5) is 2.56. The standard InChI is InChI=1S/C17H27N3/c1-2-10-20(9-1)14-15-5-3-7-17(11-15)19-13-16-6-4-8-18-12-16/h3,5,7,11,16,18-19H,1-2,4,6,8-10,12-14H2. The zero-order chi connectivity index (χ0) is 13.6. The van der Waals surface area contributed by atoms with E-state index in [0.29, 0.717) is 0 Å². The molecule has 2 aliphatic rings. The van der Waals surface area contributed by atoms with E-state index in [4.69, 9.17) is 0 Å². The van der Waals surface area contributed by atoms with Crippen LogP contribution in [-0.2, 0) is 6.54 Å². The predicted molar refractivity (Wildman–Crippen MR) is 85.0 cm³/mol. The molecule has 2 N–H and O–H groups in total. The van der Waals surface area contributed by atoms with Gasteiger partial charge < -0.3 is 10.6 Å². The van der Waals surface area contributed by atoms with E-state index in [1.807, 2.05) is 0 Å². The van der Waals surface area contributed by atoms with Crippen molar-refractivity contribution in [1.82, 2.24) is 10.2 Å². The molecule has 0 bridgehead atoms. The fourth-order valence-corrected chi connectivity index (χ4v) is 3.34. The highest BCUT2D eigenvalue weighted by molar-refractivity contribution is 5.45. The first-order chi connectivity index (χ1) is 9.90. The van der Waals surface area contributed by atoms with Gasteiger partial charge in [0.1, 0.15) is 0 Å². The number of hydrogen-bond acceptors (Lipinski definition) is 3. The SMILES string of the molecule is c1cc(CN2CCCC2)cc(NCC2CCCNC2)c1. The summed E-state index contributed by atoms with van der Waals surface area (Å²) in [5.41, 5.74) is 2.73. The molecule has 1 aromatic carbocycles. The third-order valence-corrected chi connectivity index (χ3v) is 4.53. The molecule has 0 amide bonds. The smallest absolute Gasteiger partial charge is 0.0343 e. The van der Waals surface area contributed by atoms with Crippen molar-refractivity contribution >= 4 is 5.69 Å². The van der Waals surface area contributed by atoms with E-state index in [1.54, 1.807) is 0 Å². The van der Waals surface area contributed by atoms with Gasteiger partial charge in [-0.05, 0) is 75.5 Å². The number of anilines is 1. The Labute approximate surface area is 122 Å². The topological polar surface area (TPSA) is 27.3 Å². The molecule has 2 heterocycles. The molecular weight excluding hydrogens is 246 g/mol. The van der Waals surface area contributed by atoms with Crippen molar-refractivity contribution in [3.05, 3.63) is 29.8 Å². The summed E-state index contributed by atoms with van der Waals surface area (Å²) < 4.78 is 0. The number of nitrogens with one attached hydrogen (secondary N) is 2. The van der Waals surface area contributed by atoms with E-state index in [1.165, 1.54) is 63.1 Å². The van der Waals surface area contributed by atoms with Gasteiger partial charge in [0.05, 0.1) is 0 Å². The van der Waals surface area contributed by atoms with Gasteiger partial charge in [-0.25, -0.2) is 0 Å². The molecule has 3 nitrogen and oxygen atoms in total. The maximum atomic E-state index is 3.62. The van der Waals surface area contributed by atoms with Crippen LogP contribution in [0.5, 0.6) is 0 Å². The van der Waals surface area contributed by atoms with Crippen LogP contribution in [0.1, 0.15) is 31.2 Å². The highest BCUT2D eigenvalue weighted by atomic mass is 15.1. The first kappa shape index (κ1) is 13.9. The van der Waals surface area contributed by atoms with Crippen LogP contribution >= 0.6 is 0 Å².